The molecule has 33 heavy (non-hydrogen) atoms. The summed E-state index contributed by atoms with van der Waals surface area (Å²) >= 11 is 0. The summed E-state index contributed by atoms with van der Waals surface area (Å²) in [4.78, 5) is 29.3. The number of anilines is 1. The number of nitriles is 1. The summed E-state index contributed by atoms with van der Waals surface area (Å²) in [5.74, 6) is 0.0320. The summed E-state index contributed by atoms with van der Waals surface area (Å²) in [5.41, 5.74) is 2.79. The fourth-order valence-corrected chi connectivity index (χ4v) is 4.42. The third-order valence-electron chi connectivity index (χ3n) is 6.79. The highest BCUT2D eigenvalue weighted by atomic mass is 19.1. The van der Waals surface area contributed by atoms with Gasteiger partial charge in [0.2, 0.25) is 5.91 Å². The molecule has 0 aromatic heterocycles. The molecule has 2 aliphatic rings. The van der Waals surface area contributed by atoms with E-state index in [1.165, 1.54) is 37.5 Å². The lowest BCUT2D eigenvalue weighted by Crippen LogP contribution is -2.48. The second-order valence-electron chi connectivity index (χ2n) is 9.04. The Hall–Kier alpha value is -3.24. The first-order chi connectivity index (χ1) is 15.9. The van der Waals surface area contributed by atoms with Crippen LogP contribution in [-0.2, 0) is 11.3 Å². The molecule has 1 N–H and O–H groups in total. The normalized spacial score (nSPS) is 16.7. The van der Waals surface area contributed by atoms with E-state index in [1.54, 1.807) is 18.2 Å². The molecule has 0 atom stereocenters. The monoisotopic (exact) mass is 448 g/mol. The fourth-order valence-electron chi connectivity index (χ4n) is 4.42. The van der Waals surface area contributed by atoms with Crippen LogP contribution in [0.25, 0.3) is 0 Å². The van der Waals surface area contributed by atoms with Gasteiger partial charge in [-0.1, -0.05) is 12.5 Å². The Balaban J connectivity index is 1.38. The first-order valence-corrected chi connectivity index (χ1v) is 11.5. The zero-order chi connectivity index (χ0) is 23.4. The van der Waals surface area contributed by atoms with Gasteiger partial charge in [0.05, 0.1) is 11.6 Å². The molecular weight excluding hydrogens is 419 g/mol. The second-order valence-corrected chi connectivity index (χ2v) is 9.04. The van der Waals surface area contributed by atoms with Crippen LogP contribution in [0.4, 0.5) is 10.1 Å². The van der Waals surface area contributed by atoms with E-state index < -0.39 is 5.82 Å². The van der Waals surface area contributed by atoms with Gasteiger partial charge < -0.3 is 10.2 Å². The summed E-state index contributed by atoms with van der Waals surface area (Å²) in [5, 5.41) is 11.8. The van der Waals surface area contributed by atoms with Crippen LogP contribution in [0.2, 0.25) is 0 Å². The van der Waals surface area contributed by atoms with Gasteiger partial charge in [0.15, 0.2) is 0 Å². The summed E-state index contributed by atoms with van der Waals surface area (Å²) in [6, 6.07) is 11.3. The van der Waals surface area contributed by atoms with E-state index in [0.717, 1.165) is 24.2 Å². The van der Waals surface area contributed by atoms with Gasteiger partial charge in [-0.15, -0.1) is 0 Å². The second kappa shape index (κ2) is 10.1. The Bertz CT molecular complexity index is 1080. The SMILES string of the molecule is Cc1c(CN2CCN(C(=O)CC3CCC3)CC2)cc(F)cc1NC(=O)c1cccc(C#N)c1. The van der Waals surface area contributed by atoms with Crippen LogP contribution in [0.15, 0.2) is 36.4 Å². The average Bonchev–Trinajstić information content (AvgIpc) is 2.79. The minimum absolute atomic E-state index is 0.256. The number of hydrogen-bond donors (Lipinski definition) is 1. The van der Waals surface area contributed by atoms with Gasteiger partial charge in [0.25, 0.3) is 5.91 Å². The van der Waals surface area contributed by atoms with Crippen molar-refractivity contribution in [1.29, 1.82) is 5.26 Å². The van der Waals surface area contributed by atoms with Crippen LogP contribution in [0.3, 0.4) is 0 Å². The maximum absolute atomic E-state index is 14.4. The van der Waals surface area contributed by atoms with E-state index in [0.29, 0.717) is 48.8 Å². The summed E-state index contributed by atoms with van der Waals surface area (Å²) < 4.78 is 14.4. The standard InChI is InChI=1S/C26H29FN4O2/c1-18-22(17-30-8-10-31(11-9-30)25(32)13-19-4-2-5-19)14-23(27)15-24(18)29-26(33)21-7-3-6-20(12-21)16-28/h3,6-7,12,14-15,19H,2,4-5,8-11,13,17H2,1H3,(H,29,33). The molecule has 7 heteroatoms. The van der Waals surface area contributed by atoms with E-state index in [4.69, 9.17) is 5.26 Å². The minimum atomic E-state index is -0.411. The maximum atomic E-state index is 14.4. The van der Waals surface area contributed by atoms with Gasteiger partial charge in [-0.25, -0.2) is 4.39 Å². The zero-order valence-corrected chi connectivity index (χ0v) is 18.9. The molecule has 2 fully saturated rings. The fraction of sp³-hybridized carbons (Fsp3) is 0.423. The molecule has 2 amide bonds. The van der Waals surface area contributed by atoms with Gasteiger partial charge in [-0.2, -0.15) is 5.26 Å². The minimum Gasteiger partial charge on any atom is -0.340 e. The summed E-state index contributed by atoms with van der Waals surface area (Å²) in [6.07, 6.45) is 4.26. The number of hydrogen-bond acceptors (Lipinski definition) is 4. The number of piperazine rings is 1. The largest absolute Gasteiger partial charge is 0.340 e. The zero-order valence-electron chi connectivity index (χ0n) is 18.9. The molecule has 1 aliphatic heterocycles. The number of halogens is 1. The number of carbonyl (C=O) groups excluding carboxylic acids is 2. The van der Waals surface area contributed by atoms with Crippen molar-refractivity contribution in [2.75, 3.05) is 31.5 Å². The van der Waals surface area contributed by atoms with Crippen LogP contribution >= 0.6 is 0 Å². The third-order valence-corrected chi connectivity index (χ3v) is 6.79. The molecule has 0 radical (unpaired) electrons. The van der Waals surface area contributed by atoms with Crippen molar-refractivity contribution in [3.63, 3.8) is 0 Å². The van der Waals surface area contributed by atoms with Crippen molar-refractivity contribution < 1.29 is 14.0 Å². The van der Waals surface area contributed by atoms with Crippen LogP contribution in [0.1, 0.15) is 52.7 Å². The number of amides is 2. The molecule has 2 aromatic rings. The van der Waals surface area contributed by atoms with Crippen molar-refractivity contribution in [2.45, 2.75) is 39.2 Å². The highest BCUT2D eigenvalue weighted by Crippen LogP contribution is 2.30. The number of rotatable bonds is 6. The third kappa shape index (κ3) is 5.58. The van der Waals surface area contributed by atoms with Gasteiger partial charge in [-0.05, 0) is 67.1 Å². The lowest BCUT2D eigenvalue weighted by atomic mass is 9.82. The molecule has 0 bridgehead atoms. The number of carbonyl (C=O) groups is 2. The van der Waals surface area contributed by atoms with Crippen LogP contribution in [0.5, 0.6) is 0 Å². The van der Waals surface area contributed by atoms with Crippen molar-refractivity contribution >= 4 is 17.5 Å². The summed E-state index contributed by atoms with van der Waals surface area (Å²) in [6.45, 7) is 5.30. The van der Waals surface area contributed by atoms with Crippen molar-refractivity contribution in [3.8, 4) is 6.07 Å². The molecule has 172 valence electrons. The van der Waals surface area contributed by atoms with Gasteiger partial charge in [-0.3, -0.25) is 14.5 Å². The highest BCUT2D eigenvalue weighted by Gasteiger charge is 2.26. The molecule has 6 nitrogen and oxygen atoms in total. The van der Waals surface area contributed by atoms with E-state index in [1.807, 2.05) is 17.9 Å². The number of benzene rings is 2. The molecule has 2 aromatic carbocycles. The predicted octanol–water partition coefficient (Wildman–Crippen LogP) is 4.09. The van der Waals surface area contributed by atoms with Crippen molar-refractivity contribution in [1.82, 2.24) is 9.80 Å². The Morgan fingerprint density at radius 1 is 1.15 bits per heavy atom. The van der Waals surface area contributed by atoms with Crippen LogP contribution in [-0.4, -0.2) is 47.8 Å². The van der Waals surface area contributed by atoms with Crippen LogP contribution in [0, 0.1) is 30.0 Å². The number of nitrogens with zero attached hydrogens (tertiary/aromatic N) is 3. The van der Waals surface area contributed by atoms with E-state index in [9.17, 15) is 14.0 Å². The Kier molecular flexibility index (Phi) is 7.05. The van der Waals surface area contributed by atoms with Gasteiger partial charge in [0, 0.05) is 50.4 Å². The van der Waals surface area contributed by atoms with Gasteiger partial charge >= 0.3 is 0 Å². The molecule has 1 saturated heterocycles. The smallest absolute Gasteiger partial charge is 0.255 e. The quantitative estimate of drug-likeness (QED) is 0.722. The molecule has 4 rings (SSSR count). The van der Waals surface area contributed by atoms with Crippen LogP contribution < -0.4 is 5.32 Å². The molecule has 0 unspecified atom stereocenters. The Morgan fingerprint density at radius 2 is 1.91 bits per heavy atom. The molecule has 1 saturated carbocycles. The Labute approximate surface area is 194 Å². The maximum Gasteiger partial charge on any atom is 0.255 e. The van der Waals surface area contributed by atoms with Crippen molar-refractivity contribution in [2.24, 2.45) is 5.92 Å². The Morgan fingerprint density at radius 3 is 2.58 bits per heavy atom. The lowest BCUT2D eigenvalue weighted by molar-refractivity contribution is -0.134. The lowest BCUT2D eigenvalue weighted by Gasteiger charge is -2.36. The van der Waals surface area contributed by atoms with Gasteiger partial charge in [0.1, 0.15) is 5.82 Å². The average molecular weight is 449 g/mol. The predicted molar refractivity (Wildman–Crippen MR) is 124 cm³/mol. The topological polar surface area (TPSA) is 76.4 Å². The molecule has 1 heterocycles. The van der Waals surface area contributed by atoms with E-state index in [2.05, 4.69) is 10.2 Å². The number of nitrogens with one attached hydrogen (secondary N) is 1. The van der Waals surface area contributed by atoms with E-state index in [-0.39, 0.29) is 11.8 Å². The van der Waals surface area contributed by atoms with E-state index >= 15 is 0 Å². The first-order valence-electron chi connectivity index (χ1n) is 11.5. The first kappa shape index (κ1) is 22.9. The highest BCUT2D eigenvalue weighted by molar-refractivity contribution is 6.04. The molecule has 0 spiro atoms. The molecular formula is C26H29FN4O2. The molecule has 1 aliphatic carbocycles. The summed E-state index contributed by atoms with van der Waals surface area (Å²) in [7, 11) is 0. The van der Waals surface area contributed by atoms with Crippen molar-refractivity contribution in [3.05, 3.63) is 64.5 Å².